The third kappa shape index (κ3) is 7.03. The van der Waals surface area contributed by atoms with Crippen LogP contribution >= 0.6 is 11.6 Å². The molecular formula is C25H25ClN2O4. The number of benzene rings is 3. The van der Waals surface area contributed by atoms with Crippen molar-refractivity contribution in [2.75, 3.05) is 19.0 Å². The molecule has 0 unspecified atom stereocenters. The summed E-state index contributed by atoms with van der Waals surface area (Å²) >= 11 is 5.91. The number of carbonyl (C=O) groups excluding carboxylic acids is 1. The molecule has 0 radical (unpaired) electrons. The Hall–Kier alpha value is -3.51. The maximum atomic E-state index is 12.0. The van der Waals surface area contributed by atoms with Gasteiger partial charge in [0.05, 0.1) is 13.3 Å². The van der Waals surface area contributed by atoms with E-state index in [1.165, 1.54) is 6.21 Å². The van der Waals surface area contributed by atoms with E-state index in [0.717, 1.165) is 27.9 Å². The van der Waals surface area contributed by atoms with Gasteiger partial charge in [0, 0.05) is 16.3 Å². The Labute approximate surface area is 192 Å². The standard InChI is InChI=1S/C25H25ClN2O4/c1-17-10-18(2)12-22(11-17)28-25(29)16-32-27-14-20-6-9-23(24(13-20)30-3)31-15-19-4-7-21(26)8-5-19/h4-14H,15-16H2,1-3H3,(H,28,29)/b27-14+. The summed E-state index contributed by atoms with van der Waals surface area (Å²) in [6.45, 7) is 4.15. The SMILES string of the molecule is COc1cc(/C=N/OCC(=O)Nc2cc(C)cc(C)c2)ccc1OCc1ccc(Cl)cc1. The van der Waals surface area contributed by atoms with Crippen LogP contribution in [0.3, 0.4) is 0 Å². The fourth-order valence-corrected chi connectivity index (χ4v) is 3.19. The van der Waals surface area contributed by atoms with Crippen molar-refractivity contribution >= 4 is 29.4 Å². The van der Waals surface area contributed by atoms with E-state index in [4.69, 9.17) is 25.9 Å². The van der Waals surface area contributed by atoms with Gasteiger partial charge in [-0.05, 0) is 73.0 Å². The molecule has 1 amide bonds. The molecule has 0 aliphatic carbocycles. The molecule has 166 valence electrons. The van der Waals surface area contributed by atoms with Crippen LogP contribution < -0.4 is 14.8 Å². The molecule has 0 saturated carbocycles. The molecule has 3 aromatic rings. The number of rotatable bonds is 9. The van der Waals surface area contributed by atoms with E-state index >= 15 is 0 Å². The Balaban J connectivity index is 1.51. The lowest BCUT2D eigenvalue weighted by molar-refractivity contribution is -0.120. The molecule has 0 bridgehead atoms. The number of ether oxygens (including phenoxy) is 2. The van der Waals surface area contributed by atoms with Crippen molar-refractivity contribution in [3.8, 4) is 11.5 Å². The number of halogens is 1. The van der Waals surface area contributed by atoms with E-state index in [2.05, 4.69) is 10.5 Å². The topological polar surface area (TPSA) is 69.2 Å². The smallest absolute Gasteiger partial charge is 0.265 e. The van der Waals surface area contributed by atoms with Gasteiger partial charge in [-0.15, -0.1) is 0 Å². The van der Waals surface area contributed by atoms with Crippen LogP contribution in [0.15, 0.2) is 65.8 Å². The molecule has 0 spiro atoms. The van der Waals surface area contributed by atoms with Gasteiger partial charge < -0.3 is 19.6 Å². The highest BCUT2D eigenvalue weighted by molar-refractivity contribution is 6.30. The number of anilines is 1. The number of carbonyl (C=O) groups is 1. The number of hydrogen-bond acceptors (Lipinski definition) is 5. The Kier molecular flexibility index (Phi) is 8.11. The van der Waals surface area contributed by atoms with Gasteiger partial charge in [-0.25, -0.2) is 0 Å². The first-order chi connectivity index (χ1) is 15.4. The van der Waals surface area contributed by atoms with Crippen molar-refractivity contribution in [1.82, 2.24) is 0 Å². The van der Waals surface area contributed by atoms with Crippen LogP contribution in [-0.4, -0.2) is 25.8 Å². The Morgan fingerprint density at radius 2 is 1.72 bits per heavy atom. The van der Waals surface area contributed by atoms with Crippen LogP contribution in [-0.2, 0) is 16.2 Å². The molecule has 0 aliphatic heterocycles. The van der Waals surface area contributed by atoms with Crippen LogP contribution in [0.1, 0.15) is 22.3 Å². The average Bonchev–Trinajstić information content (AvgIpc) is 2.76. The van der Waals surface area contributed by atoms with E-state index in [9.17, 15) is 4.79 Å². The minimum atomic E-state index is -0.282. The van der Waals surface area contributed by atoms with E-state index in [0.29, 0.717) is 23.1 Å². The number of oxime groups is 1. The van der Waals surface area contributed by atoms with Crippen molar-refractivity contribution < 1.29 is 19.1 Å². The summed E-state index contributed by atoms with van der Waals surface area (Å²) in [5.74, 6) is 0.888. The predicted octanol–water partition coefficient (Wildman–Crippen LogP) is 5.53. The van der Waals surface area contributed by atoms with Gasteiger partial charge in [-0.2, -0.15) is 0 Å². The van der Waals surface area contributed by atoms with Crippen molar-refractivity contribution in [2.24, 2.45) is 5.16 Å². The molecule has 6 nitrogen and oxygen atoms in total. The summed E-state index contributed by atoms with van der Waals surface area (Å²) < 4.78 is 11.3. The molecule has 0 saturated heterocycles. The predicted molar refractivity (Wildman–Crippen MR) is 127 cm³/mol. The molecule has 0 heterocycles. The average molecular weight is 453 g/mol. The van der Waals surface area contributed by atoms with Crippen LogP contribution in [0, 0.1) is 13.8 Å². The van der Waals surface area contributed by atoms with Crippen LogP contribution in [0.4, 0.5) is 5.69 Å². The summed E-state index contributed by atoms with van der Waals surface area (Å²) in [5, 5.41) is 7.35. The Morgan fingerprint density at radius 3 is 2.41 bits per heavy atom. The van der Waals surface area contributed by atoms with E-state index < -0.39 is 0 Å². The van der Waals surface area contributed by atoms with Gasteiger partial charge >= 0.3 is 0 Å². The highest BCUT2D eigenvalue weighted by Gasteiger charge is 2.07. The summed E-state index contributed by atoms with van der Waals surface area (Å²) in [6, 6.07) is 18.7. The number of amides is 1. The zero-order chi connectivity index (χ0) is 22.9. The number of nitrogens with zero attached hydrogens (tertiary/aromatic N) is 1. The first-order valence-corrected chi connectivity index (χ1v) is 10.4. The van der Waals surface area contributed by atoms with Gasteiger partial charge in [0.1, 0.15) is 6.61 Å². The molecule has 0 aromatic heterocycles. The van der Waals surface area contributed by atoms with Crippen LogP contribution in [0.25, 0.3) is 0 Å². The van der Waals surface area contributed by atoms with Gasteiger partial charge in [0.15, 0.2) is 18.1 Å². The normalized spacial score (nSPS) is 10.8. The molecular weight excluding hydrogens is 428 g/mol. The summed E-state index contributed by atoms with van der Waals surface area (Å²) in [6.07, 6.45) is 1.51. The number of hydrogen-bond donors (Lipinski definition) is 1. The zero-order valence-electron chi connectivity index (χ0n) is 18.2. The lowest BCUT2D eigenvalue weighted by atomic mass is 10.1. The Morgan fingerprint density at radius 1 is 1.00 bits per heavy atom. The molecule has 3 rings (SSSR count). The second kappa shape index (κ2) is 11.2. The summed E-state index contributed by atoms with van der Waals surface area (Å²) in [5.41, 5.74) is 4.63. The van der Waals surface area contributed by atoms with E-state index in [1.807, 2.05) is 62.4 Å². The van der Waals surface area contributed by atoms with E-state index in [1.54, 1.807) is 19.2 Å². The van der Waals surface area contributed by atoms with Gasteiger partial charge in [-0.1, -0.05) is 35.0 Å². The third-order valence-corrected chi connectivity index (χ3v) is 4.72. The number of nitrogens with one attached hydrogen (secondary N) is 1. The van der Waals surface area contributed by atoms with Gasteiger partial charge in [0.2, 0.25) is 0 Å². The highest BCUT2D eigenvalue weighted by Crippen LogP contribution is 2.28. The van der Waals surface area contributed by atoms with Crippen molar-refractivity contribution in [2.45, 2.75) is 20.5 Å². The highest BCUT2D eigenvalue weighted by atomic mass is 35.5. The molecule has 1 N–H and O–H groups in total. The first kappa shape index (κ1) is 23.2. The lowest BCUT2D eigenvalue weighted by Gasteiger charge is -2.11. The molecule has 0 fully saturated rings. The maximum absolute atomic E-state index is 12.0. The monoisotopic (exact) mass is 452 g/mol. The first-order valence-electron chi connectivity index (χ1n) is 10.0. The van der Waals surface area contributed by atoms with E-state index in [-0.39, 0.29) is 12.5 Å². The quantitative estimate of drug-likeness (QED) is 0.342. The van der Waals surface area contributed by atoms with Crippen molar-refractivity contribution in [3.63, 3.8) is 0 Å². The second-order valence-electron chi connectivity index (χ2n) is 7.26. The van der Waals surface area contributed by atoms with Gasteiger partial charge in [-0.3, -0.25) is 4.79 Å². The van der Waals surface area contributed by atoms with Crippen LogP contribution in [0.2, 0.25) is 5.02 Å². The minimum Gasteiger partial charge on any atom is -0.493 e. The van der Waals surface area contributed by atoms with Gasteiger partial charge in [0.25, 0.3) is 5.91 Å². The molecule has 0 atom stereocenters. The maximum Gasteiger partial charge on any atom is 0.265 e. The molecule has 7 heteroatoms. The second-order valence-corrected chi connectivity index (χ2v) is 7.69. The summed E-state index contributed by atoms with van der Waals surface area (Å²) in [4.78, 5) is 17.2. The van der Waals surface area contributed by atoms with Crippen molar-refractivity contribution in [3.05, 3.63) is 87.9 Å². The van der Waals surface area contributed by atoms with Crippen molar-refractivity contribution in [1.29, 1.82) is 0 Å². The number of aryl methyl sites for hydroxylation is 2. The lowest BCUT2D eigenvalue weighted by Crippen LogP contribution is -2.17. The van der Waals surface area contributed by atoms with Crippen LogP contribution in [0.5, 0.6) is 11.5 Å². The fourth-order valence-electron chi connectivity index (χ4n) is 3.06. The Bertz CT molecular complexity index is 1080. The third-order valence-electron chi connectivity index (χ3n) is 4.47. The minimum absolute atomic E-state index is 0.192. The zero-order valence-corrected chi connectivity index (χ0v) is 19.0. The largest absolute Gasteiger partial charge is 0.493 e. The molecule has 32 heavy (non-hydrogen) atoms. The molecule has 3 aromatic carbocycles. The fraction of sp³-hybridized carbons (Fsp3) is 0.200. The molecule has 0 aliphatic rings. The number of methoxy groups -OCH3 is 1. The summed E-state index contributed by atoms with van der Waals surface area (Å²) in [7, 11) is 1.57.